The molecule has 0 saturated carbocycles. The lowest BCUT2D eigenvalue weighted by Crippen LogP contribution is -2.45. The molecule has 0 fully saturated rings. The van der Waals surface area contributed by atoms with Gasteiger partial charge < -0.3 is 4.74 Å². The van der Waals surface area contributed by atoms with Crippen LogP contribution in [0, 0.1) is 0 Å². The minimum Gasteiger partial charge on any atom is -0.462 e. The molecule has 5 heteroatoms. The Bertz CT molecular complexity index is 536. The van der Waals surface area contributed by atoms with E-state index < -0.39 is 11.9 Å². The Kier molecular flexibility index (Phi) is 3.64. The summed E-state index contributed by atoms with van der Waals surface area (Å²) in [6.45, 7) is 3.10. The summed E-state index contributed by atoms with van der Waals surface area (Å²) in [5, 5.41) is 0. The van der Waals surface area contributed by atoms with Crippen molar-refractivity contribution in [2.75, 3.05) is 6.54 Å². The first-order valence-corrected chi connectivity index (χ1v) is 6.11. The molecule has 0 spiro atoms. The maximum atomic E-state index is 12.1. The average Bonchev–Trinajstić information content (AvgIpc) is 2.33. The van der Waals surface area contributed by atoms with Gasteiger partial charge in [-0.05, 0) is 25.5 Å². The molecule has 2 amide bonds. The van der Waals surface area contributed by atoms with Gasteiger partial charge in [-0.2, -0.15) is 0 Å². The molecule has 0 saturated heterocycles. The Hall–Kier alpha value is -2.17. The Balaban J connectivity index is 2.17. The zero-order chi connectivity index (χ0) is 14.0. The summed E-state index contributed by atoms with van der Waals surface area (Å²) in [4.78, 5) is 36.5. The minimum atomic E-state index is -0.573. The summed E-state index contributed by atoms with van der Waals surface area (Å²) in [5.41, 5.74) is 1.17. The van der Waals surface area contributed by atoms with Crippen molar-refractivity contribution in [3.63, 3.8) is 0 Å². The van der Waals surface area contributed by atoms with Crippen LogP contribution in [0.1, 0.15) is 29.8 Å². The van der Waals surface area contributed by atoms with Crippen molar-refractivity contribution in [1.82, 2.24) is 4.90 Å². The molecular weight excluding hydrogens is 246 g/mol. The third-order valence-electron chi connectivity index (χ3n) is 2.79. The van der Waals surface area contributed by atoms with Gasteiger partial charge in [-0.3, -0.25) is 19.3 Å². The number of carbonyl (C=O) groups is 3. The van der Waals surface area contributed by atoms with E-state index in [1.54, 1.807) is 38.1 Å². The van der Waals surface area contributed by atoms with Crippen LogP contribution in [0.4, 0.5) is 0 Å². The Morgan fingerprint density at radius 3 is 2.68 bits per heavy atom. The van der Waals surface area contributed by atoms with Crippen molar-refractivity contribution in [2.24, 2.45) is 0 Å². The molecule has 100 valence electrons. The maximum Gasteiger partial charge on any atom is 0.326 e. The van der Waals surface area contributed by atoms with Gasteiger partial charge in [0.05, 0.1) is 12.5 Å². The predicted octanol–water partition coefficient (Wildman–Crippen LogP) is 1.16. The quantitative estimate of drug-likeness (QED) is 0.605. The lowest BCUT2D eigenvalue weighted by atomic mass is 9.98. The zero-order valence-corrected chi connectivity index (χ0v) is 10.9. The predicted molar refractivity (Wildman–Crippen MR) is 67.4 cm³/mol. The molecule has 1 heterocycles. The number of imide groups is 1. The fraction of sp³-hybridized carbons (Fsp3) is 0.357. The first-order chi connectivity index (χ1) is 8.99. The topological polar surface area (TPSA) is 63.7 Å². The third kappa shape index (κ3) is 2.81. The van der Waals surface area contributed by atoms with E-state index in [2.05, 4.69) is 0 Å². The lowest BCUT2D eigenvalue weighted by molar-refractivity contribution is -0.151. The molecule has 1 aliphatic rings. The summed E-state index contributed by atoms with van der Waals surface area (Å²) in [6.07, 6.45) is -0.133. The monoisotopic (exact) mass is 261 g/mol. The van der Waals surface area contributed by atoms with E-state index in [1.807, 2.05) is 0 Å². The van der Waals surface area contributed by atoms with Gasteiger partial charge in [0.25, 0.3) is 5.91 Å². The fourth-order valence-electron chi connectivity index (χ4n) is 1.99. The number of ether oxygens (including phenoxy) is 1. The SMILES string of the molecule is CC(C)OC(=O)CN1C(=O)Cc2ccccc2C1=O. The molecule has 0 radical (unpaired) electrons. The maximum absolute atomic E-state index is 12.1. The van der Waals surface area contributed by atoms with Gasteiger partial charge in [0, 0.05) is 5.56 Å². The second kappa shape index (κ2) is 5.22. The van der Waals surface area contributed by atoms with Crippen molar-refractivity contribution in [1.29, 1.82) is 0 Å². The van der Waals surface area contributed by atoms with Crippen LogP contribution in [0.2, 0.25) is 0 Å². The molecule has 1 aromatic carbocycles. The van der Waals surface area contributed by atoms with Crippen LogP contribution in [-0.2, 0) is 20.7 Å². The van der Waals surface area contributed by atoms with Crippen LogP contribution in [0.15, 0.2) is 24.3 Å². The van der Waals surface area contributed by atoms with Crippen molar-refractivity contribution in [3.05, 3.63) is 35.4 Å². The summed E-state index contributed by atoms with van der Waals surface area (Å²) in [6, 6.07) is 6.92. The van der Waals surface area contributed by atoms with Crippen LogP contribution < -0.4 is 0 Å². The van der Waals surface area contributed by atoms with Gasteiger partial charge in [-0.15, -0.1) is 0 Å². The molecular formula is C14H15NO4. The molecule has 0 aliphatic carbocycles. The second-order valence-electron chi connectivity index (χ2n) is 4.66. The van der Waals surface area contributed by atoms with Gasteiger partial charge in [0.2, 0.25) is 5.91 Å². The number of fused-ring (bicyclic) bond motifs is 1. The molecule has 1 aliphatic heterocycles. The highest BCUT2D eigenvalue weighted by molar-refractivity contribution is 6.11. The summed E-state index contributed by atoms with van der Waals surface area (Å²) < 4.78 is 4.95. The molecule has 1 aromatic rings. The highest BCUT2D eigenvalue weighted by Gasteiger charge is 2.32. The molecule has 0 bridgehead atoms. The van der Waals surface area contributed by atoms with E-state index in [0.29, 0.717) is 11.1 Å². The normalized spacial score (nSPS) is 14.6. The van der Waals surface area contributed by atoms with Crippen LogP contribution in [0.5, 0.6) is 0 Å². The largest absolute Gasteiger partial charge is 0.462 e. The minimum absolute atomic E-state index is 0.136. The van der Waals surface area contributed by atoms with Crippen LogP contribution in [0.25, 0.3) is 0 Å². The molecule has 19 heavy (non-hydrogen) atoms. The van der Waals surface area contributed by atoms with Crippen LogP contribution in [-0.4, -0.2) is 35.3 Å². The molecule has 0 atom stereocenters. The molecule has 0 aromatic heterocycles. The zero-order valence-electron chi connectivity index (χ0n) is 10.9. The van der Waals surface area contributed by atoms with E-state index >= 15 is 0 Å². The van der Waals surface area contributed by atoms with Crippen molar-refractivity contribution < 1.29 is 19.1 Å². The average molecular weight is 261 g/mol. The first kappa shape index (κ1) is 13.3. The smallest absolute Gasteiger partial charge is 0.326 e. The van der Waals surface area contributed by atoms with Gasteiger partial charge in [0.1, 0.15) is 6.54 Å². The number of hydrogen-bond donors (Lipinski definition) is 0. The Labute approximate surface area is 111 Å². The summed E-state index contributed by atoms with van der Waals surface area (Å²) in [5.74, 6) is -1.38. The standard InChI is InChI=1S/C14H15NO4/c1-9(2)19-13(17)8-15-12(16)7-10-5-3-4-6-11(10)14(15)18/h3-6,9H,7-8H2,1-2H3. The van der Waals surface area contributed by atoms with Crippen molar-refractivity contribution in [2.45, 2.75) is 26.4 Å². The van der Waals surface area contributed by atoms with Gasteiger partial charge in [0.15, 0.2) is 0 Å². The number of nitrogens with zero attached hydrogens (tertiary/aromatic N) is 1. The van der Waals surface area contributed by atoms with Crippen LogP contribution >= 0.6 is 0 Å². The summed E-state index contributed by atoms with van der Waals surface area (Å²) >= 11 is 0. The number of hydrogen-bond acceptors (Lipinski definition) is 4. The molecule has 2 rings (SSSR count). The molecule has 0 unspecified atom stereocenters. The van der Waals surface area contributed by atoms with Crippen molar-refractivity contribution in [3.8, 4) is 0 Å². The molecule has 0 N–H and O–H groups in total. The third-order valence-corrected chi connectivity index (χ3v) is 2.79. The highest BCUT2D eigenvalue weighted by atomic mass is 16.5. The van der Waals surface area contributed by atoms with E-state index in [4.69, 9.17) is 4.74 Å². The van der Waals surface area contributed by atoms with E-state index in [9.17, 15) is 14.4 Å². The Morgan fingerprint density at radius 2 is 2.00 bits per heavy atom. The van der Waals surface area contributed by atoms with Gasteiger partial charge in [-0.1, -0.05) is 18.2 Å². The first-order valence-electron chi connectivity index (χ1n) is 6.11. The number of carbonyl (C=O) groups excluding carboxylic acids is 3. The molecule has 5 nitrogen and oxygen atoms in total. The van der Waals surface area contributed by atoms with E-state index in [-0.39, 0.29) is 25.0 Å². The number of benzene rings is 1. The highest BCUT2D eigenvalue weighted by Crippen LogP contribution is 2.19. The number of esters is 1. The van der Waals surface area contributed by atoms with Gasteiger partial charge >= 0.3 is 5.97 Å². The summed E-state index contributed by atoms with van der Waals surface area (Å²) in [7, 11) is 0. The second-order valence-corrected chi connectivity index (χ2v) is 4.66. The van der Waals surface area contributed by atoms with Crippen molar-refractivity contribution >= 4 is 17.8 Å². The number of rotatable bonds is 3. The van der Waals surface area contributed by atoms with E-state index in [1.165, 1.54) is 0 Å². The van der Waals surface area contributed by atoms with Crippen LogP contribution in [0.3, 0.4) is 0 Å². The Morgan fingerprint density at radius 1 is 1.32 bits per heavy atom. The van der Waals surface area contributed by atoms with Gasteiger partial charge in [-0.25, -0.2) is 0 Å². The lowest BCUT2D eigenvalue weighted by Gasteiger charge is -2.26. The fourth-order valence-corrected chi connectivity index (χ4v) is 1.99. The number of amides is 2. The van der Waals surface area contributed by atoms with E-state index in [0.717, 1.165) is 4.90 Å².